The number of nitrogens with zero attached hydrogens (tertiary/aromatic N) is 2. The van der Waals surface area contributed by atoms with Crippen LogP contribution >= 0.6 is 0 Å². The summed E-state index contributed by atoms with van der Waals surface area (Å²) in [6.07, 6.45) is 8.94. The topological polar surface area (TPSA) is 84.4 Å². The first kappa shape index (κ1) is 17.0. The van der Waals surface area contributed by atoms with E-state index in [2.05, 4.69) is 4.98 Å². The van der Waals surface area contributed by atoms with Crippen LogP contribution in [0.4, 0.5) is 0 Å². The number of rotatable bonds is 4. The van der Waals surface area contributed by atoms with E-state index < -0.39 is 11.2 Å². The van der Waals surface area contributed by atoms with Gasteiger partial charge in [0, 0.05) is 25.4 Å². The number of hydrogen-bond acceptors (Lipinski definition) is 4. The molecule has 2 fully saturated rings. The minimum Gasteiger partial charge on any atom is -0.375 e. The zero-order valence-corrected chi connectivity index (χ0v) is 13.9. The Labute approximate surface area is 140 Å². The van der Waals surface area contributed by atoms with Gasteiger partial charge in [0.1, 0.15) is 6.54 Å². The number of aromatic nitrogens is 2. The number of nitrogens with one attached hydrogen (secondary N) is 1. The lowest BCUT2D eigenvalue weighted by Gasteiger charge is -2.35. The van der Waals surface area contributed by atoms with Gasteiger partial charge in [-0.3, -0.25) is 19.1 Å². The van der Waals surface area contributed by atoms with Crippen molar-refractivity contribution in [1.29, 1.82) is 0 Å². The van der Waals surface area contributed by atoms with Gasteiger partial charge in [0.25, 0.3) is 5.56 Å². The van der Waals surface area contributed by atoms with Crippen LogP contribution in [0.3, 0.4) is 0 Å². The summed E-state index contributed by atoms with van der Waals surface area (Å²) < 4.78 is 7.07. The zero-order chi connectivity index (χ0) is 16.9. The first-order chi connectivity index (χ1) is 11.6. The quantitative estimate of drug-likeness (QED) is 0.879. The van der Waals surface area contributed by atoms with Crippen LogP contribution in [0.15, 0.2) is 21.9 Å². The number of H-pyrrole nitrogens is 1. The molecule has 7 nitrogen and oxygen atoms in total. The van der Waals surface area contributed by atoms with Crippen molar-refractivity contribution in [1.82, 2.24) is 14.5 Å². The SMILES string of the molecule is O=C(Cn1ccc(=O)[nH]c1=O)N1CCOC(CC2CCCCC2)C1. The second kappa shape index (κ2) is 7.79. The van der Waals surface area contributed by atoms with E-state index in [0.29, 0.717) is 25.6 Å². The maximum Gasteiger partial charge on any atom is 0.328 e. The molecule has 1 amide bonds. The zero-order valence-electron chi connectivity index (χ0n) is 13.9. The van der Waals surface area contributed by atoms with Crippen LogP contribution in [0.1, 0.15) is 38.5 Å². The van der Waals surface area contributed by atoms with E-state index in [-0.39, 0.29) is 18.6 Å². The van der Waals surface area contributed by atoms with Crippen molar-refractivity contribution >= 4 is 5.91 Å². The van der Waals surface area contributed by atoms with E-state index in [0.717, 1.165) is 6.42 Å². The largest absolute Gasteiger partial charge is 0.375 e. The minimum absolute atomic E-state index is 0.0498. The molecular weight excluding hydrogens is 310 g/mol. The van der Waals surface area contributed by atoms with Crippen LogP contribution in [0.2, 0.25) is 0 Å². The summed E-state index contributed by atoms with van der Waals surface area (Å²) >= 11 is 0. The van der Waals surface area contributed by atoms with E-state index >= 15 is 0 Å². The highest BCUT2D eigenvalue weighted by Crippen LogP contribution is 2.28. The third kappa shape index (κ3) is 4.35. The minimum atomic E-state index is -0.553. The van der Waals surface area contributed by atoms with E-state index in [4.69, 9.17) is 4.74 Å². The standard InChI is InChI=1S/C17H25N3O4/c21-15-6-7-20(17(23)18-15)12-16(22)19-8-9-24-14(11-19)10-13-4-2-1-3-5-13/h6-7,13-14H,1-5,8-12H2,(H,18,21,23). The van der Waals surface area contributed by atoms with Crippen molar-refractivity contribution in [2.24, 2.45) is 5.92 Å². The summed E-state index contributed by atoms with van der Waals surface area (Å²) in [6, 6.07) is 1.25. The molecule has 3 rings (SSSR count). The summed E-state index contributed by atoms with van der Waals surface area (Å²) in [7, 11) is 0. The Hall–Kier alpha value is -1.89. The first-order valence-corrected chi connectivity index (χ1v) is 8.81. The molecule has 1 saturated carbocycles. The van der Waals surface area contributed by atoms with Crippen molar-refractivity contribution in [3.05, 3.63) is 33.1 Å². The molecule has 2 heterocycles. The Bertz CT molecular complexity index is 675. The van der Waals surface area contributed by atoms with E-state index in [1.54, 1.807) is 4.90 Å². The lowest BCUT2D eigenvalue weighted by molar-refractivity contribution is -0.140. The Kier molecular flexibility index (Phi) is 5.50. The summed E-state index contributed by atoms with van der Waals surface area (Å²) in [5.74, 6) is 0.599. The molecule has 1 unspecified atom stereocenters. The predicted molar refractivity (Wildman–Crippen MR) is 88.8 cm³/mol. The highest BCUT2D eigenvalue weighted by molar-refractivity contribution is 5.76. The molecule has 1 aromatic rings. The molecule has 1 aliphatic heterocycles. The van der Waals surface area contributed by atoms with Crippen molar-refractivity contribution < 1.29 is 9.53 Å². The lowest BCUT2D eigenvalue weighted by atomic mass is 9.85. The van der Waals surface area contributed by atoms with Gasteiger partial charge in [0.2, 0.25) is 5.91 Å². The van der Waals surface area contributed by atoms with E-state index in [9.17, 15) is 14.4 Å². The summed E-state index contributed by atoms with van der Waals surface area (Å²) in [5, 5.41) is 0. The molecule has 1 aromatic heterocycles. The Morgan fingerprint density at radius 2 is 2.04 bits per heavy atom. The number of amides is 1. The summed E-state index contributed by atoms with van der Waals surface area (Å²) in [5.41, 5.74) is -1.01. The van der Waals surface area contributed by atoms with Gasteiger partial charge in [-0.2, -0.15) is 0 Å². The number of carbonyl (C=O) groups is 1. The van der Waals surface area contributed by atoms with Crippen LogP contribution in [0.5, 0.6) is 0 Å². The second-order valence-corrected chi connectivity index (χ2v) is 6.81. The molecule has 0 bridgehead atoms. The fourth-order valence-electron chi connectivity index (χ4n) is 3.70. The maximum absolute atomic E-state index is 12.5. The van der Waals surface area contributed by atoms with Crippen LogP contribution in [0.25, 0.3) is 0 Å². The Morgan fingerprint density at radius 3 is 2.79 bits per heavy atom. The second-order valence-electron chi connectivity index (χ2n) is 6.81. The molecule has 132 valence electrons. The average Bonchev–Trinajstić information content (AvgIpc) is 2.58. The number of morpholine rings is 1. The van der Waals surface area contributed by atoms with Gasteiger partial charge in [0.05, 0.1) is 12.7 Å². The molecule has 1 N–H and O–H groups in total. The number of aromatic amines is 1. The van der Waals surface area contributed by atoms with Crippen molar-refractivity contribution in [3.63, 3.8) is 0 Å². The maximum atomic E-state index is 12.5. The molecule has 1 saturated heterocycles. The van der Waals surface area contributed by atoms with Crippen LogP contribution < -0.4 is 11.2 Å². The highest BCUT2D eigenvalue weighted by Gasteiger charge is 2.27. The molecule has 1 atom stereocenters. The molecule has 2 aliphatic rings. The van der Waals surface area contributed by atoms with Gasteiger partial charge in [-0.05, 0) is 12.3 Å². The van der Waals surface area contributed by atoms with Gasteiger partial charge >= 0.3 is 5.69 Å². The normalized spacial score (nSPS) is 22.5. The number of carbonyl (C=O) groups excluding carboxylic acids is 1. The van der Waals surface area contributed by atoms with Crippen molar-refractivity contribution in [2.75, 3.05) is 19.7 Å². The van der Waals surface area contributed by atoms with E-state index in [1.807, 2.05) is 0 Å². The third-order valence-corrected chi connectivity index (χ3v) is 5.01. The van der Waals surface area contributed by atoms with Crippen molar-refractivity contribution in [3.8, 4) is 0 Å². The molecule has 0 aromatic carbocycles. The average molecular weight is 335 g/mol. The van der Waals surface area contributed by atoms with E-state index in [1.165, 1.54) is 48.9 Å². The lowest BCUT2D eigenvalue weighted by Crippen LogP contribution is -2.48. The van der Waals surface area contributed by atoms with Crippen LogP contribution in [-0.2, 0) is 16.1 Å². The van der Waals surface area contributed by atoms with Gasteiger partial charge < -0.3 is 9.64 Å². The van der Waals surface area contributed by atoms with Crippen LogP contribution in [-0.4, -0.2) is 46.2 Å². The fourth-order valence-corrected chi connectivity index (χ4v) is 3.70. The molecular formula is C17H25N3O4. The highest BCUT2D eigenvalue weighted by atomic mass is 16.5. The molecule has 24 heavy (non-hydrogen) atoms. The molecule has 0 radical (unpaired) electrons. The molecule has 1 aliphatic carbocycles. The summed E-state index contributed by atoms with van der Waals surface area (Å²) in [6.45, 7) is 1.64. The number of ether oxygens (including phenoxy) is 1. The summed E-state index contributed by atoms with van der Waals surface area (Å²) in [4.78, 5) is 39.2. The van der Waals surface area contributed by atoms with Gasteiger partial charge in [0.15, 0.2) is 0 Å². The van der Waals surface area contributed by atoms with Crippen molar-refractivity contribution in [2.45, 2.75) is 51.2 Å². The third-order valence-electron chi connectivity index (χ3n) is 5.01. The van der Waals surface area contributed by atoms with Gasteiger partial charge in [-0.15, -0.1) is 0 Å². The molecule has 0 spiro atoms. The fraction of sp³-hybridized carbons (Fsp3) is 0.706. The predicted octanol–water partition coefficient (Wildman–Crippen LogP) is 0.734. The first-order valence-electron chi connectivity index (χ1n) is 8.81. The Balaban J connectivity index is 1.56. The number of hydrogen-bond donors (Lipinski definition) is 1. The van der Waals surface area contributed by atoms with Crippen LogP contribution in [0, 0.1) is 5.92 Å². The smallest absolute Gasteiger partial charge is 0.328 e. The van der Waals surface area contributed by atoms with Gasteiger partial charge in [-0.1, -0.05) is 32.1 Å². The Morgan fingerprint density at radius 1 is 1.25 bits per heavy atom. The monoisotopic (exact) mass is 335 g/mol. The molecule has 7 heteroatoms. The van der Waals surface area contributed by atoms with Gasteiger partial charge in [-0.25, -0.2) is 4.79 Å².